The molecule has 10 heteroatoms. The lowest BCUT2D eigenvalue weighted by Gasteiger charge is -2.22. The summed E-state index contributed by atoms with van der Waals surface area (Å²) in [5.41, 5.74) is -0.850. The van der Waals surface area contributed by atoms with Crippen LogP contribution in [-0.4, -0.2) is 42.6 Å². The number of amides is 1. The number of hydrogen-bond acceptors (Lipinski definition) is 8. The monoisotopic (exact) mass is 444 g/mol. The number of methoxy groups -OCH3 is 2. The third-order valence-electron chi connectivity index (χ3n) is 3.80. The molecule has 0 heterocycles. The Kier molecular flexibility index (Phi) is 12.5. The number of rotatable bonds is 10. The number of hydrogen-bond donors (Lipinski definition) is 1. The molecule has 0 atom stereocenters. The van der Waals surface area contributed by atoms with Crippen molar-refractivity contribution in [3.05, 3.63) is 27.8 Å². The van der Waals surface area contributed by atoms with Crippen LogP contribution in [0.15, 0.2) is 12.1 Å². The molecule has 0 aromatic heterocycles. The fraction of sp³-hybridized carbons (Fsp3) is 0.600. The molecule has 0 bridgehead atoms. The Bertz CT molecular complexity index is 723. The number of thioether (sulfide) groups is 1. The second-order valence-corrected chi connectivity index (χ2v) is 7.61. The van der Waals surface area contributed by atoms with Crippen molar-refractivity contribution in [1.29, 1.82) is 0 Å². The lowest BCUT2D eigenvalue weighted by molar-refractivity contribution is -0.385. The minimum atomic E-state index is -0.773. The average Bonchev–Trinajstić information content (AvgIpc) is 2.74. The number of carbonyl (C=O) groups excluding carboxylic acids is 2. The summed E-state index contributed by atoms with van der Waals surface area (Å²) in [5, 5.41) is 13.8. The van der Waals surface area contributed by atoms with E-state index >= 15 is 0 Å². The molecule has 0 fully saturated rings. The molecular weight excluding hydrogens is 412 g/mol. The molecular formula is C20H32N2O7S. The molecule has 1 amide bonds. The minimum Gasteiger partial charge on any atom is -0.493 e. The minimum absolute atomic E-state index is 0.0230. The molecule has 0 radical (unpaired) electrons. The van der Waals surface area contributed by atoms with E-state index in [4.69, 9.17) is 14.2 Å². The van der Waals surface area contributed by atoms with Crippen LogP contribution < -0.4 is 14.8 Å². The van der Waals surface area contributed by atoms with Crippen molar-refractivity contribution < 1.29 is 28.7 Å². The van der Waals surface area contributed by atoms with E-state index in [0.717, 1.165) is 12.2 Å². The fourth-order valence-electron chi connectivity index (χ4n) is 2.15. The topological polar surface area (TPSA) is 117 Å². The first-order valence-corrected chi connectivity index (χ1v) is 10.6. The summed E-state index contributed by atoms with van der Waals surface area (Å²) in [6.45, 7) is 9.21. The smallest absolute Gasteiger partial charge is 0.407 e. The molecule has 30 heavy (non-hydrogen) atoms. The van der Waals surface area contributed by atoms with Gasteiger partial charge < -0.3 is 19.5 Å². The Morgan fingerprint density at radius 2 is 1.73 bits per heavy atom. The number of nitrogens with one attached hydrogen (secondary N) is 1. The normalized spacial score (nSPS) is 10.4. The molecule has 9 nitrogen and oxygen atoms in total. The van der Waals surface area contributed by atoms with E-state index in [1.165, 1.54) is 38.1 Å². The quantitative estimate of drug-likeness (QED) is 0.412. The predicted molar refractivity (Wildman–Crippen MR) is 117 cm³/mol. The van der Waals surface area contributed by atoms with E-state index in [9.17, 15) is 19.7 Å². The molecule has 1 aromatic rings. The second kappa shape index (κ2) is 13.7. The van der Waals surface area contributed by atoms with Crippen LogP contribution in [0.1, 0.15) is 46.6 Å². The number of ether oxygens (including phenoxy) is 3. The summed E-state index contributed by atoms with van der Waals surface area (Å²) >= 11 is 1.23. The molecule has 170 valence electrons. The van der Waals surface area contributed by atoms with Gasteiger partial charge in [0.1, 0.15) is 6.61 Å². The molecule has 1 aromatic carbocycles. The Labute approximate surface area is 182 Å². The van der Waals surface area contributed by atoms with Gasteiger partial charge in [0.2, 0.25) is 0 Å². The fourth-order valence-corrected chi connectivity index (χ4v) is 3.00. The van der Waals surface area contributed by atoms with Crippen LogP contribution in [0.4, 0.5) is 10.5 Å². The maximum atomic E-state index is 12.1. The zero-order valence-electron chi connectivity index (χ0n) is 18.7. The zero-order chi connectivity index (χ0) is 23.3. The van der Waals surface area contributed by atoms with Gasteiger partial charge in [-0.2, -0.15) is 0 Å². The summed E-state index contributed by atoms with van der Waals surface area (Å²) in [7, 11) is 2.77. The predicted octanol–water partition coefficient (Wildman–Crippen LogP) is 4.56. The number of benzene rings is 1. The Hall–Kier alpha value is -2.49. The van der Waals surface area contributed by atoms with Crippen LogP contribution >= 0.6 is 11.8 Å². The van der Waals surface area contributed by atoms with Crippen LogP contribution in [-0.2, 0) is 16.1 Å². The van der Waals surface area contributed by atoms with Gasteiger partial charge in [0.05, 0.1) is 36.2 Å². The van der Waals surface area contributed by atoms with Gasteiger partial charge in [-0.3, -0.25) is 14.9 Å². The van der Waals surface area contributed by atoms with Crippen molar-refractivity contribution in [2.75, 3.05) is 26.5 Å². The molecule has 0 aliphatic heterocycles. The van der Waals surface area contributed by atoms with Gasteiger partial charge in [-0.15, -0.1) is 0 Å². The Morgan fingerprint density at radius 3 is 2.23 bits per heavy atom. The molecule has 0 saturated heterocycles. The van der Waals surface area contributed by atoms with E-state index < -0.39 is 16.4 Å². The highest BCUT2D eigenvalue weighted by molar-refractivity contribution is 8.13. The molecule has 1 rings (SSSR count). The van der Waals surface area contributed by atoms with Gasteiger partial charge in [-0.25, -0.2) is 4.79 Å². The van der Waals surface area contributed by atoms with E-state index in [-0.39, 0.29) is 41.0 Å². The molecule has 0 unspecified atom stereocenters. The van der Waals surface area contributed by atoms with E-state index in [1.54, 1.807) is 13.8 Å². The third-order valence-corrected chi connectivity index (χ3v) is 5.23. The van der Waals surface area contributed by atoms with Crippen molar-refractivity contribution >= 4 is 28.7 Å². The summed E-state index contributed by atoms with van der Waals surface area (Å²) < 4.78 is 15.3. The Morgan fingerprint density at radius 1 is 1.17 bits per heavy atom. The summed E-state index contributed by atoms with van der Waals surface area (Å²) in [6.07, 6.45) is 0.108. The largest absolute Gasteiger partial charge is 0.493 e. The highest BCUT2D eigenvalue weighted by Gasteiger charge is 2.28. The molecule has 0 spiro atoms. The van der Waals surface area contributed by atoms with Crippen molar-refractivity contribution in [3.8, 4) is 11.5 Å². The van der Waals surface area contributed by atoms with Gasteiger partial charge in [-0.05, 0) is 12.5 Å². The summed E-state index contributed by atoms with van der Waals surface area (Å²) in [5.74, 6) is 1.20. The summed E-state index contributed by atoms with van der Waals surface area (Å²) in [6, 6.07) is 2.60. The number of nitro groups is 1. The van der Waals surface area contributed by atoms with E-state index in [2.05, 4.69) is 5.32 Å². The Balaban J connectivity index is 0.00000407. The first-order chi connectivity index (χ1) is 14.2. The SMILES string of the molecule is CC.CCCSC(=O)C(C)(C)CNC(=O)OCc1cc(OC)c(OC)cc1[N+](=O)[O-]. The van der Waals surface area contributed by atoms with Crippen LogP contribution in [0.2, 0.25) is 0 Å². The van der Waals surface area contributed by atoms with Gasteiger partial charge in [0, 0.05) is 12.3 Å². The highest BCUT2D eigenvalue weighted by Crippen LogP contribution is 2.34. The first-order valence-electron chi connectivity index (χ1n) is 9.63. The number of nitrogens with zero attached hydrogens (tertiary/aromatic N) is 1. The first kappa shape index (κ1) is 27.5. The molecule has 0 aliphatic rings. The van der Waals surface area contributed by atoms with Crippen LogP contribution in [0.3, 0.4) is 0 Å². The van der Waals surface area contributed by atoms with Gasteiger partial charge in [-0.1, -0.05) is 46.4 Å². The van der Waals surface area contributed by atoms with Gasteiger partial charge in [0.25, 0.3) is 5.69 Å². The van der Waals surface area contributed by atoms with Crippen molar-refractivity contribution in [2.45, 2.75) is 47.6 Å². The van der Waals surface area contributed by atoms with Gasteiger partial charge >= 0.3 is 6.09 Å². The van der Waals surface area contributed by atoms with Crippen molar-refractivity contribution in [1.82, 2.24) is 5.32 Å². The molecule has 1 N–H and O–H groups in total. The highest BCUT2D eigenvalue weighted by atomic mass is 32.2. The lowest BCUT2D eigenvalue weighted by atomic mass is 9.96. The number of alkyl carbamates (subject to hydrolysis) is 1. The van der Waals surface area contributed by atoms with Crippen LogP contribution in [0, 0.1) is 15.5 Å². The average molecular weight is 445 g/mol. The van der Waals surface area contributed by atoms with E-state index in [1.807, 2.05) is 20.8 Å². The number of carbonyl (C=O) groups is 2. The number of nitro benzene ring substituents is 1. The second-order valence-electron chi connectivity index (χ2n) is 6.54. The molecule has 0 saturated carbocycles. The van der Waals surface area contributed by atoms with Crippen LogP contribution in [0.5, 0.6) is 11.5 Å². The maximum absolute atomic E-state index is 12.1. The van der Waals surface area contributed by atoms with Gasteiger partial charge in [0.15, 0.2) is 16.6 Å². The van der Waals surface area contributed by atoms with E-state index in [0.29, 0.717) is 0 Å². The lowest BCUT2D eigenvalue weighted by Crippen LogP contribution is -2.38. The summed E-state index contributed by atoms with van der Waals surface area (Å²) in [4.78, 5) is 34.8. The van der Waals surface area contributed by atoms with Crippen molar-refractivity contribution in [3.63, 3.8) is 0 Å². The van der Waals surface area contributed by atoms with Crippen molar-refractivity contribution in [2.24, 2.45) is 5.41 Å². The zero-order valence-corrected chi connectivity index (χ0v) is 19.5. The molecule has 0 aliphatic carbocycles. The maximum Gasteiger partial charge on any atom is 0.407 e. The third kappa shape index (κ3) is 8.48. The van der Waals surface area contributed by atoms with Crippen LogP contribution in [0.25, 0.3) is 0 Å². The standard InChI is InChI=1S/C18H26N2O7S.C2H6/c1-6-7-28-16(21)18(2,3)11-19-17(22)27-10-12-8-14(25-4)15(26-5)9-13(12)20(23)24;1-2/h8-9H,6-7,10-11H2,1-5H3,(H,19,22);1-2H3.